The minimum absolute atomic E-state index is 0.000464. The van der Waals surface area contributed by atoms with Gasteiger partial charge >= 0.3 is 0 Å². The monoisotopic (exact) mass is 376 g/mol. The number of aryl methyl sites for hydroxylation is 1. The summed E-state index contributed by atoms with van der Waals surface area (Å²) in [4.78, 5) is 16.2. The Morgan fingerprint density at radius 1 is 1.15 bits per heavy atom. The van der Waals surface area contributed by atoms with Gasteiger partial charge in [-0.1, -0.05) is 25.5 Å². The van der Waals surface area contributed by atoms with E-state index in [-0.39, 0.29) is 17.5 Å². The summed E-state index contributed by atoms with van der Waals surface area (Å²) < 4.78 is 28.1. The van der Waals surface area contributed by atoms with Crippen LogP contribution in [0.15, 0.2) is 41.8 Å². The molecule has 0 unspecified atom stereocenters. The molecule has 0 saturated carbocycles. The summed E-state index contributed by atoms with van der Waals surface area (Å²) in [6.45, 7) is 3.15. The number of aromatic nitrogens is 2. The van der Waals surface area contributed by atoms with Crippen molar-refractivity contribution in [1.29, 1.82) is 0 Å². The average molecular weight is 376 g/mol. The number of imidazole rings is 1. The van der Waals surface area contributed by atoms with Gasteiger partial charge in [0.25, 0.3) is 10.0 Å². The van der Waals surface area contributed by atoms with E-state index in [1.54, 1.807) is 0 Å². The number of carbonyl (C=O) groups is 1. The van der Waals surface area contributed by atoms with Crippen LogP contribution in [0.5, 0.6) is 0 Å². The Kier molecular flexibility index (Phi) is 5.73. The van der Waals surface area contributed by atoms with E-state index < -0.39 is 10.0 Å². The maximum atomic E-state index is 12.6. The van der Waals surface area contributed by atoms with Gasteiger partial charge in [0.2, 0.25) is 5.91 Å². The number of nitrogens with one attached hydrogen (secondary N) is 1. The van der Waals surface area contributed by atoms with Crippen molar-refractivity contribution >= 4 is 21.6 Å². The molecule has 1 aliphatic heterocycles. The standard InChI is InChI=1S/C18H24N4O3S/c1-2-15-6-8-16(9-7-15)20-17(23)12-21-13-18(19-14-21)26(24,25)22-10-4-3-5-11-22/h6-9,13-14H,2-5,10-12H2,1H3,(H,20,23). The molecule has 2 heterocycles. The normalized spacial score (nSPS) is 15.7. The molecule has 0 radical (unpaired) electrons. The van der Waals surface area contributed by atoms with Crippen molar-refractivity contribution in [2.75, 3.05) is 18.4 Å². The molecule has 1 fully saturated rings. The number of rotatable bonds is 6. The van der Waals surface area contributed by atoms with E-state index in [0.29, 0.717) is 18.8 Å². The number of anilines is 1. The van der Waals surface area contributed by atoms with Crippen LogP contribution in [0.2, 0.25) is 0 Å². The fraction of sp³-hybridized carbons (Fsp3) is 0.444. The van der Waals surface area contributed by atoms with Gasteiger partial charge in [0.15, 0.2) is 5.03 Å². The summed E-state index contributed by atoms with van der Waals surface area (Å²) in [5.74, 6) is -0.228. The highest BCUT2D eigenvalue weighted by molar-refractivity contribution is 7.89. The number of sulfonamides is 1. The van der Waals surface area contributed by atoms with Crippen LogP contribution in [0.1, 0.15) is 31.7 Å². The Labute approximate surface area is 154 Å². The SMILES string of the molecule is CCc1ccc(NC(=O)Cn2cnc(S(=O)(=O)N3CCCCC3)c2)cc1. The third-order valence-electron chi connectivity index (χ3n) is 4.50. The van der Waals surface area contributed by atoms with Crippen LogP contribution in [-0.2, 0) is 27.8 Å². The quantitative estimate of drug-likeness (QED) is 0.838. The van der Waals surface area contributed by atoms with Crippen molar-refractivity contribution in [1.82, 2.24) is 13.9 Å². The fourth-order valence-electron chi connectivity index (χ4n) is 2.99. The van der Waals surface area contributed by atoms with Crippen LogP contribution in [0, 0.1) is 0 Å². The van der Waals surface area contributed by atoms with Crippen LogP contribution in [-0.4, -0.2) is 41.3 Å². The predicted molar refractivity (Wildman–Crippen MR) is 99.3 cm³/mol. The highest BCUT2D eigenvalue weighted by Crippen LogP contribution is 2.19. The highest BCUT2D eigenvalue weighted by Gasteiger charge is 2.28. The first kappa shape index (κ1) is 18.6. The van der Waals surface area contributed by atoms with Gasteiger partial charge in [-0.25, -0.2) is 13.4 Å². The molecule has 0 bridgehead atoms. The molecule has 1 aromatic carbocycles. The van der Waals surface area contributed by atoms with Crippen molar-refractivity contribution in [2.45, 2.75) is 44.2 Å². The molecule has 140 valence electrons. The van der Waals surface area contributed by atoms with Gasteiger partial charge in [-0.05, 0) is 37.0 Å². The van der Waals surface area contributed by atoms with Crippen molar-refractivity contribution in [3.63, 3.8) is 0 Å². The maximum absolute atomic E-state index is 12.6. The summed E-state index contributed by atoms with van der Waals surface area (Å²) in [5, 5.41) is 2.81. The largest absolute Gasteiger partial charge is 0.327 e. The lowest BCUT2D eigenvalue weighted by Crippen LogP contribution is -2.35. The van der Waals surface area contributed by atoms with E-state index in [2.05, 4.69) is 17.2 Å². The predicted octanol–water partition coefficient (Wildman–Crippen LogP) is 2.26. The van der Waals surface area contributed by atoms with Crippen LogP contribution >= 0.6 is 0 Å². The zero-order valence-electron chi connectivity index (χ0n) is 14.9. The van der Waals surface area contributed by atoms with Crippen molar-refractivity contribution in [3.05, 3.63) is 42.4 Å². The summed E-state index contributed by atoms with van der Waals surface area (Å²) >= 11 is 0. The molecular formula is C18H24N4O3S. The second-order valence-electron chi connectivity index (χ2n) is 6.45. The molecule has 8 heteroatoms. The third-order valence-corrected chi connectivity index (χ3v) is 6.29. The highest BCUT2D eigenvalue weighted by atomic mass is 32.2. The summed E-state index contributed by atoms with van der Waals surface area (Å²) in [6.07, 6.45) is 6.55. The lowest BCUT2D eigenvalue weighted by Gasteiger charge is -2.24. The smallest absolute Gasteiger partial charge is 0.262 e. The minimum atomic E-state index is -3.57. The van der Waals surface area contributed by atoms with Gasteiger partial charge in [0.05, 0.1) is 6.33 Å². The Morgan fingerprint density at radius 2 is 1.85 bits per heavy atom. The number of benzene rings is 1. The zero-order chi connectivity index (χ0) is 18.6. The lowest BCUT2D eigenvalue weighted by atomic mass is 10.1. The second kappa shape index (κ2) is 8.01. The first-order valence-electron chi connectivity index (χ1n) is 8.90. The number of piperidine rings is 1. The third kappa shape index (κ3) is 4.31. The van der Waals surface area contributed by atoms with Crippen LogP contribution in [0.25, 0.3) is 0 Å². The van der Waals surface area contributed by atoms with Crippen LogP contribution < -0.4 is 5.32 Å². The molecule has 1 aliphatic rings. The molecule has 1 amide bonds. The topological polar surface area (TPSA) is 84.3 Å². The average Bonchev–Trinajstić information content (AvgIpc) is 3.12. The van der Waals surface area contributed by atoms with Gasteiger partial charge in [-0.15, -0.1) is 0 Å². The fourth-order valence-corrected chi connectivity index (χ4v) is 4.44. The Hall–Kier alpha value is -2.19. The van der Waals surface area contributed by atoms with Gasteiger partial charge in [-0.3, -0.25) is 4.79 Å². The molecule has 0 aliphatic carbocycles. The molecule has 1 N–H and O–H groups in total. The number of carbonyl (C=O) groups excluding carboxylic acids is 1. The molecule has 0 spiro atoms. The summed E-state index contributed by atoms with van der Waals surface area (Å²) in [7, 11) is -3.57. The molecule has 0 atom stereocenters. The van der Waals surface area contributed by atoms with E-state index in [1.807, 2.05) is 24.3 Å². The lowest BCUT2D eigenvalue weighted by molar-refractivity contribution is -0.116. The summed E-state index contributed by atoms with van der Waals surface area (Å²) in [5.41, 5.74) is 1.92. The van der Waals surface area contributed by atoms with E-state index in [9.17, 15) is 13.2 Å². The van der Waals surface area contributed by atoms with E-state index in [0.717, 1.165) is 25.7 Å². The number of nitrogens with zero attached hydrogens (tertiary/aromatic N) is 3. The second-order valence-corrected chi connectivity index (χ2v) is 8.33. The van der Waals surface area contributed by atoms with E-state index >= 15 is 0 Å². The molecule has 2 aromatic rings. The number of hydrogen-bond donors (Lipinski definition) is 1. The van der Waals surface area contributed by atoms with Crippen LogP contribution in [0.3, 0.4) is 0 Å². The van der Waals surface area contributed by atoms with Gasteiger partial charge in [0, 0.05) is 25.0 Å². The van der Waals surface area contributed by atoms with E-state index in [4.69, 9.17) is 0 Å². The number of hydrogen-bond acceptors (Lipinski definition) is 4. The molecular weight excluding hydrogens is 352 g/mol. The first-order valence-corrected chi connectivity index (χ1v) is 10.3. The Morgan fingerprint density at radius 3 is 2.50 bits per heavy atom. The molecule has 26 heavy (non-hydrogen) atoms. The molecule has 1 aromatic heterocycles. The van der Waals surface area contributed by atoms with Gasteiger partial charge in [-0.2, -0.15) is 4.31 Å². The molecule has 7 nitrogen and oxygen atoms in total. The minimum Gasteiger partial charge on any atom is -0.327 e. The first-order chi connectivity index (χ1) is 12.5. The van der Waals surface area contributed by atoms with Crippen molar-refractivity contribution < 1.29 is 13.2 Å². The maximum Gasteiger partial charge on any atom is 0.262 e. The zero-order valence-corrected chi connectivity index (χ0v) is 15.7. The van der Waals surface area contributed by atoms with Crippen LogP contribution in [0.4, 0.5) is 5.69 Å². The Bertz CT molecular complexity index is 853. The van der Waals surface area contributed by atoms with Gasteiger partial charge in [0.1, 0.15) is 6.54 Å². The van der Waals surface area contributed by atoms with Crippen molar-refractivity contribution in [2.24, 2.45) is 0 Å². The summed E-state index contributed by atoms with van der Waals surface area (Å²) in [6, 6.07) is 7.65. The Balaban J connectivity index is 1.62. The van der Waals surface area contributed by atoms with Crippen molar-refractivity contribution in [3.8, 4) is 0 Å². The molecule has 3 rings (SSSR count). The van der Waals surface area contributed by atoms with E-state index in [1.165, 1.54) is 27.0 Å². The number of amides is 1. The molecule has 1 saturated heterocycles. The van der Waals surface area contributed by atoms with Gasteiger partial charge < -0.3 is 9.88 Å².